The number of hydrogen-bond acceptors (Lipinski definition) is 4. The Morgan fingerprint density at radius 2 is 2.16 bits per heavy atom. The smallest absolute Gasteiger partial charge is 0.243 e. The van der Waals surface area contributed by atoms with E-state index in [-0.39, 0.29) is 4.90 Å². The Hall–Kier alpha value is -1.80. The molecule has 19 heavy (non-hydrogen) atoms. The average molecular weight is 284 g/mol. The minimum absolute atomic E-state index is 0.313. The molecule has 6 nitrogen and oxygen atoms in total. The van der Waals surface area contributed by atoms with E-state index in [1.165, 1.54) is 35.5 Å². The van der Waals surface area contributed by atoms with Crippen molar-refractivity contribution in [3.63, 3.8) is 0 Å². The number of hydrogen-bond donors (Lipinski definition) is 1. The van der Waals surface area contributed by atoms with Crippen molar-refractivity contribution in [2.24, 2.45) is 0 Å². The molecule has 2 aromatic rings. The molecule has 0 bridgehead atoms. The molecule has 102 valence electrons. The van der Waals surface area contributed by atoms with E-state index in [1.807, 2.05) is 0 Å². The van der Waals surface area contributed by atoms with Crippen molar-refractivity contribution in [2.75, 3.05) is 0 Å². The van der Waals surface area contributed by atoms with Crippen molar-refractivity contribution in [1.82, 2.24) is 19.5 Å². The fraction of sp³-hybridized carbons (Fsp3) is 0.273. The SMILES string of the molecule is CC(Cn1cncn1)NS(=O)(=O)c1ccccc1F. The summed E-state index contributed by atoms with van der Waals surface area (Å²) in [6, 6.07) is 4.80. The van der Waals surface area contributed by atoms with E-state index in [0.29, 0.717) is 6.54 Å². The van der Waals surface area contributed by atoms with Crippen LogP contribution in [0.5, 0.6) is 0 Å². The predicted octanol–water partition coefficient (Wildman–Crippen LogP) is 0.784. The summed E-state index contributed by atoms with van der Waals surface area (Å²) in [7, 11) is -3.88. The van der Waals surface area contributed by atoms with Gasteiger partial charge in [0.05, 0.1) is 6.54 Å². The maximum atomic E-state index is 13.5. The van der Waals surface area contributed by atoms with Crippen molar-refractivity contribution in [2.45, 2.75) is 24.4 Å². The highest BCUT2D eigenvalue weighted by atomic mass is 32.2. The highest BCUT2D eigenvalue weighted by Crippen LogP contribution is 2.13. The van der Waals surface area contributed by atoms with E-state index in [2.05, 4.69) is 14.8 Å². The Kier molecular flexibility index (Phi) is 3.91. The molecule has 2 rings (SSSR count). The van der Waals surface area contributed by atoms with Crippen LogP contribution in [0.3, 0.4) is 0 Å². The summed E-state index contributed by atoms with van der Waals surface area (Å²) >= 11 is 0. The number of nitrogens with one attached hydrogen (secondary N) is 1. The molecule has 1 aromatic heterocycles. The van der Waals surface area contributed by atoms with Crippen molar-refractivity contribution in [3.8, 4) is 0 Å². The molecule has 1 unspecified atom stereocenters. The largest absolute Gasteiger partial charge is 0.251 e. The van der Waals surface area contributed by atoms with Crippen LogP contribution in [0.15, 0.2) is 41.8 Å². The fourth-order valence-electron chi connectivity index (χ4n) is 1.64. The maximum Gasteiger partial charge on any atom is 0.243 e. The third kappa shape index (κ3) is 3.36. The third-order valence-corrected chi connectivity index (χ3v) is 4.03. The lowest BCUT2D eigenvalue weighted by Gasteiger charge is -2.14. The Morgan fingerprint density at radius 3 is 2.79 bits per heavy atom. The van der Waals surface area contributed by atoms with Gasteiger partial charge in [-0.1, -0.05) is 12.1 Å². The maximum absolute atomic E-state index is 13.5. The normalized spacial score (nSPS) is 13.4. The van der Waals surface area contributed by atoms with Crippen LogP contribution in [-0.2, 0) is 16.6 Å². The van der Waals surface area contributed by atoms with Gasteiger partial charge in [-0.25, -0.2) is 22.5 Å². The van der Waals surface area contributed by atoms with Gasteiger partial charge in [0.2, 0.25) is 10.0 Å². The van der Waals surface area contributed by atoms with Crippen LogP contribution in [0.4, 0.5) is 4.39 Å². The van der Waals surface area contributed by atoms with Gasteiger partial charge in [-0.3, -0.25) is 4.68 Å². The lowest BCUT2D eigenvalue weighted by Crippen LogP contribution is -2.36. The summed E-state index contributed by atoms with van der Waals surface area (Å²) < 4.78 is 41.3. The molecule has 1 aromatic carbocycles. The van der Waals surface area contributed by atoms with Crippen LogP contribution in [-0.4, -0.2) is 29.2 Å². The van der Waals surface area contributed by atoms with Crippen LogP contribution >= 0.6 is 0 Å². The van der Waals surface area contributed by atoms with Crippen molar-refractivity contribution < 1.29 is 12.8 Å². The summed E-state index contributed by atoms with van der Waals surface area (Å²) in [6.07, 6.45) is 2.84. The summed E-state index contributed by atoms with van der Waals surface area (Å²) in [6.45, 7) is 1.98. The van der Waals surface area contributed by atoms with Gasteiger partial charge in [0.15, 0.2) is 0 Å². The molecule has 0 radical (unpaired) electrons. The van der Waals surface area contributed by atoms with Gasteiger partial charge in [-0.15, -0.1) is 0 Å². The Labute approximate surface area is 110 Å². The summed E-state index contributed by atoms with van der Waals surface area (Å²) in [5.74, 6) is -0.775. The lowest BCUT2D eigenvalue weighted by molar-refractivity contribution is 0.489. The standard InChI is InChI=1S/C11H13FN4O2S/c1-9(6-16-8-13-7-14-16)15-19(17,18)11-5-3-2-4-10(11)12/h2-5,7-9,15H,6H2,1H3. The molecule has 0 amide bonds. The second kappa shape index (κ2) is 5.45. The number of aromatic nitrogens is 3. The van der Waals surface area contributed by atoms with Crippen LogP contribution in [0.2, 0.25) is 0 Å². The minimum Gasteiger partial charge on any atom is -0.251 e. The minimum atomic E-state index is -3.88. The third-order valence-electron chi connectivity index (χ3n) is 2.41. The van der Waals surface area contributed by atoms with Gasteiger partial charge in [0, 0.05) is 6.04 Å². The molecule has 0 spiro atoms. The molecule has 1 heterocycles. The topological polar surface area (TPSA) is 76.9 Å². The van der Waals surface area contributed by atoms with Crippen molar-refractivity contribution in [3.05, 3.63) is 42.7 Å². The zero-order chi connectivity index (χ0) is 13.9. The number of nitrogens with zero attached hydrogens (tertiary/aromatic N) is 3. The second-order valence-electron chi connectivity index (χ2n) is 4.07. The number of rotatable bonds is 5. The molecule has 0 saturated heterocycles. The average Bonchev–Trinajstić information content (AvgIpc) is 2.81. The molecular weight excluding hydrogens is 271 g/mol. The monoisotopic (exact) mass is 284 g/mol. The van der Waals surface area contributed by atoms with Crippen LogP contribution in [0, 0.1) is 5.82 Å². The zero-order valence-electron chi connectivity index (χ0n) is 10.2. The molecule has 1 atom stereocenters. The summed E-state index contributed by atoms with van der Waals surface area (Å²) in [5, 5.41) is 3.87. The predicted molar refractivity (Wildman–Crippen MR) is 66.2 cm³/mol. The molecule has 1 N–H and O–H groups in total. The van der Waals surface area contributed by atoms with Gasteiger partial charge in [-0.05, 0) is 19.1 Å². The first-order valence-electron chi connectivity index (χ1n) is 5.58. The van der Waals surface area contributed by atoms with E-state index < -0.39 is 21.9 Å². The van der Waals surface area contributed by atoms with Gasteiger partial charge < -0.3 is 0 Å². The van der Waals surface area contributed by atoms with Crippen LogP contribution < -0.4 is 4.72 Å². The molecule has 0 aliphatic heterocycles. The molecule has 0 aliphatic rings. The summed E-state index contributed by atoms with van der Waals surface area (Å²) in [4.78, 5) is 3.40. The van der Waals surface area contributed by atoms with E-state index in [1.54, 1.807) is 6.92 Å². The Balaban J connectivity index is 2.11. The zero-order valence-corrected chi connectivity index (χ0v) is 11.0. The summed E-state index contributed by atoms with van der Waals surface area (Å²) in [5.41, 5.74) is 0. The quantitative estimate of drug-likeness (QED) is 0.880. The first-order chi connectivity index (χ1) is 8.99. The molecule has 0 saturated carbocycles. The first-order valence-corrected chi connectivity index (χ1v) is 7.06. The second-order valence-corrected chi connectivity index (χ2v) is 5.75. The van der Waals surface area contributed by atoms with E-state index >= 15 is 0 Å². The molecule has 0 aliphatic carbocycles. The van der Waals surface area contributed by atoms with Gasteiger partial charge in [-0.2, -0.15) is 5.10 Å². The molecular formula is C11H13FN4O2S. The number of benzene rings is 1. The Morgan fingerprint density at radius 1 is 1.42 bits per heavy atom. The Bertz CT molecular complexity index is 642. The number of halogens is 1. The van der Waals surface area contributed by atoms with Crippen molar-refractivity contribution >= 4 is 10.0 Å². The van der Waals surface area contributed by atoms with E-state index in [0.717, 1.165) is 6.07 Å². The van der Waals surface area contributed by atoms with E-state index in [4.69, 9.17) is 0 Å². The highest BCUT2D eigenvalue weighted by molar-refractivity contribution is 7.89. The number of sulfonamides is 1. The fourth-order valence-corrected chi connectivity index (χ4v) is 2.95. The van der Waals surface area contributed by atoms with Crippen molar-refractivity contribution in [1.29, 1.82) is 0 Å². The molecule has 8 heteroatoms. The molecule has 0 fully saturated rings. The lowest BCUT2D eigenvalue weighted by atomic mass is 10.3. The first kappa shape index (κ1) is 13.6. The van der Waals surface area contributed by atoms with Gasteiger partial charge >= 0.3 is 0 Å². The highest BCUT2D eigenvalue weighted by Gasteiger charge is 2.21. The van der Waals surface area contributed by atoms with Crippen LogP contribution in [0.1, 0.15) is 6.92 Å². The van der Waals surface area contributed by atoms with E-state index in [9.17, 15) is 12.8 Å². The van der Waals surface area contributed by atoms with Gasteiger partial charge in [0.1, 0.15) is 23.4 Å². The van der Waals surface area contributed by atoms with Crippen LogP contribution in [0.25, 0.3) is 0 Å². The van der Waals surface area contributed by atoms with Gasteiger partial charge in [0.25, 0.3) is 0 Å².